The van der Waals surface area contributed by atoms with Gasteiger partial charge in [-0.2, -0.15) is 5.10 Å². The molecule has 1 aliphatic rings. The van der Waals surface area contributed by atoms with Crippen molar-refractivity contribution in [1.82, 2.24) is 14.8 Å². The molecule has 1 fully saturated rings. The van der Waals surface area contributed by atoms with E-state index in [-0.39, 0.29) is 27.4 Å². The Hall–Kier alpha value is -1.38. The number of nitrogens with one attached hydrogen (secondary N) is 1. The van der Waals surface area contributed by atoms with Crippen LogP contribution in [-0.2, 0) is 4.74 Å². The number of methoxy groups -OCH3 is 1. The van der Waals surface area contributed by atoms with E-state index in [1.54, 1.807) is 0 Å². The zero-order valence-electron chi connectivity index (χ0n) is 13.3. The Kier molecular flexibility index (Phi) is 5.27. The Bertz CT molecular complexity index is 750. The molecule has 0 aromatic carbocycles. The van der Waals surface area contributed by atoms with Crippen molar-refractivity contribution in [2.75, 3.05) is 19.0 Å². The first-order valence-electron chi connectivity index (χ1n) is 7.54. The molecule has 0 saturated carbocycles. The zero-order chi connectivity index (χ0) is 17.3. The van der Waals surface area contributed by atoms with Gasteiger partial charge in [-0.25, -0.2) is 14.1 Å². The minimum absolute atomic E-state index is 0.0623. The summed E-state index contributed by atoms with van der Waals surface area (Å²) in [4.78, 5) is 3.99. The van der Waals surface area contributed by atoms with Crippen LogP contribution in [0.3, 0.4) is 0 Å². The highest BCUT2D eigenvalue weighted by Gasteiger charge is 2.21. The van der Waals surface area contributed by atoms with Crippen LogP contribution >= 0.6 is 27.5 Å². The van der Waals surface area contributed by atoms with Crippen molar-refractivity contribution >= 4 is 39.2 Å². The number of aromatic nitrogens is 3. The first-order valence-corrected chi connectivity index (χ1v) is 8.71. The summed E-state index contributed by atoms with van der Waals surface area (Å²) in [5.41, 5.74) is 0.954. The normalized spacial score (nSPS) is 17.8. The summed E-state index contributed by atoms with van der Waals surface area (Å²) in [5, 5.41) is 7.29. The molecule has 2 aromatic heterocycles. The number of aryl methyl sites for hydroxylation is 1. The van der Waals surface area contributed by atoms with Crippen LogP contribution in [0.4, 0.5) is 16.0 Å². The van der Waals surface area contributed by atoms with Crippen molar-refractivity contribution in [2.24, 2.45) is 0 Å². The maximum absolute atomic E-state index is 13.8. The molecule has 9 heteroatoms. The van der Waals surface area contributed by atoms with Crippen LogP contribution in [0.25, 0.3) is 0 Å². The molecule has 1 saturated heterocycles. The monoisotopic (exact) mass is 418 g/mol. The highest BCUT2D eigenvalue weighted by atomic mass is 79.9. The minimum Gasteiger partial charge on any atom is -0.492 e. The summed E-state index contributed by atoms with van der Waals surface area (Å²) in [6.07, 6.45) is 3.05. The van der Waals surface area contributed by atoms with Gasteiger partial charge in [0.25, 0.3) is 0 Å². The second-order valence-electron chi connectivity index (χ2n) is 5.47. The minimum atomic E-state index is -0.670. The molecule has 130 valence electrons. The lowest BCUT2D eigenvalue weighted by molar-refractivity contribution is -0.0404. The van der Waals surface area contributed by atoms with Gasteiger partial charge in [-0.05, 0) is 42.1 Å². The lowest BCUT2D eigenvalue weighted by Crippen LogP contribution is -2.20. The molecule has 24 heavy (non-hydrogen) atoms. The summed E-state index contributed by atoms with van der Waals surface area (Å²) in [5.74, 6) is 0.390. The average Bonchev–Trinajstić information content (AvgIpc) is 2.94. The topological polar surface area (TPSA) is 61.2 Å². The van der Waals surface area contributed by atoms with Gasteiger partial charge in [0.05, 0.1) is 7.11 Å². The van der Waals surface area contributed by atoms with Crippen LogP contribution in [0.5, 0.6) is 5.75 Å². The standard InChI is InChI=1S/C15H17BrClFN4O2/c1-8-7-9(21-22(8)10-5-3-4-6-24-10)19-15-13(23-2)11(16)12(18)14(17)20-15/h7,10H,3-6H2,1-2H3,(H,19,20,21). The molecule has 6 nitrogen and oxygen atoms in total. The molecule has 0 radical (unpaired) electrons. The molecule has 0 aliphatic carbocycles. The first-order chi connectivity index (χ1) is 11.5. The number of anilines is 2. The van der Waals surface area contributed by atoms with Gasteiger partial charge in [0.1, 0.15) is 4.47 Å². The van der Waals surface area contributed by atoms with Gasteiger partial charge in [-0.3, -0.25) is 0 Å². The van der Waals surface area contributed by atoms with E-state index in [0.717, 1.165) is 31.6 Å². The molecule has 1 N–H and O–H groups in total. The lowest BCUT2D eigenvalue weighted by Gasteiger charge is -2.23. The fraction of sp³-hybridized carbons (Fsp3) is 0.467. The number of hydrogen-bond acceptors (Lipinski definition) is 5. The molecule has 3 rings (SSSR count). The van der Waals surface area contributed by atoms with Crippen LogP contribution in [0.1, 0.15) is 31.2 Å². The predicted octanol–water partition coefficient (Wildman–Crippen LogP) is 4.59. The van der Waals surface area contributed by atoms with Crippen molar-refractivity contribution in [2.45, 2.75) is 32.4 Å². The lowest BCUT2D eigenvalue weighted by atomic mass is 10.2. The van der Waals surface area contributed by atoms with Gasteiger partial charge in [0, 0.05) is 18.4 Å². The van der Waals surface area contributed by atoms with Crippen molar-refractivity contribution < 1.29 is 13.9 Å². The van der Waals surface area contributed by atoms with E-state index in [2.05, 4.69) is 31.3 Å². The summed E-state index contributed by atoms with van der Waals surface area (Å²) in [7, 11) is 1.43. The van der Waals surface area contributed by atoms with E-state index < -0.39 is 5.82 Å². The maximum atomic E-state index is 13.8. The van der Waals surface area contributed by atoms with E-state index in [1.807, 2.05) is 17.7 Å². The second kappa shape index (κ2) is 7.25. The van der Waals surface area contributed by atoms with E-state index >= 15 is 0 Å². The fourth-order valence-corrected chi connectivity index (χ4v) is 3.47. The average molecular weight is 420 g/mol. The third kappa shape index (κ3) is 3.36. The van der Waals surface area contributed by atoms with Gasteiger partial charge in [-0.1, -0.05) is 11.6 Å². The van der Waals surface area contributed by atoms with E-state index in [4.69, 9.17) is 21.1 Å². The van der Waals surface area contributed by atoms with E-state index in [1.165, 1.54) is 7.11 Å². The van der Waals surface area contributed by atoms with Gasteiger partial charge >= 0.3 is 0 Å². The quantitative estimate of drug-likeness (QED) is 0.734. The third-order valence-corrected chi connectivity index (χ3v) is 4.76. The highest BCUT2D eigenvalue weighted by Crippen LogP contribution is 2.38. The number of nitrogens with zero attached hydrogens (tertiary/aromatic N) is 3. The summed E-state index contributed by atoms with van der Waals surface area (Å²) < 4.78 is 26.7. The zero-order valence-corrected chi connectivity index (χ0v) is 15.6. The van der Waals surface area contributed by atoms with Crippen LogP contribution in [0, 0.1) is 12.7 Å². The molecule has 0 amide bonds. The van der Waals surface area contributed by atoms with Crippen molar-refractivity contribution in [3.8, 4) is 5.75 Å². The van der Waals surface area contributed by atoms with Gasteiger partial charge < -0.3 is 14.8 Å². The van der Waals surface area contributed by atoms with Crippen LogP contribution < -0.4 is 10.1 Å². The summed E-state index contributed by atoms with van der Waals surface area (Å²) >= 11 is 8.94. The number of pyridine rings is 1. The molecule has 1 atom stereocenters. The van der Waals surface area contributed by atoms with Crippen LogP contribution in [0.15, 0.2) is 10.5 Å². The Morgan fingerprint density at radius 3 is 2.96 bits per heavy atom. The van der Waals surface area contributed by atoms with E-state index in [0.29, 0.717) is 5.82 Å². The smallest absolute Gasteiger partial charge is 0.178 e. The Labute approximate surface area is 152 Å². The van der Waals surface area contributed by atoms with E-state index in [9.17, 15) is 4.39 Å². The predicted molar refractivity (Wildman–Crippen MR) is 92.5 cm³/mol. The van der Waals surface area contributed by atoms with Gasteiger partial charge in [0.15, 0.2) is 34.6 Å². The largest absolute Gasteiger partial charge is 0.492 e. The highest BCUT2D eigenvalue weighted by molar-refractivity contribution is 9.10. The molecule has 1 unspecified atom stereocenters. The molecule has 3 heterocycles. The van der Waals surface area contributed by atoms with Crippen molar-refractivity contribution in [1.29, 1.82) is 0 Å². The number of hydrogen-bond donors (Lipinski definition) is 1. The second-order valence-corrected chi connectivity index (χ2v) is 6.63. The Morgan fingerprint density at radius 2 is 2.29 bits per heavy atom. The van der Waals surface area contributed by atoms with Crippen molar-refractivity contribution in [3.63, 3.8) is 0 Å². The molecular formula is C15H17BrClFN4O2. The molecule has 1 aliphatic heterocycles. The maximum Gasteiger partial charge on any atom is 0.178 e. The molecular weight excluding hydrogens is 403 g/mol. The number of halogens is 3. The van der Waals surface area contributed by atoms with Crippen LogP contribution in [-0.4, -0.2) is 28.5 Å². The Morgan fingerprint density at radius 1 is 1.50 bits per heavy atom. The number of rotatable bonds is 4. The molecule has 0 bridgehead atoms. The first kappa shape index (κ1) is 17.4. The molecule has 2 aromatic rings. The number of ether oxygens (including phenoxy) is 2. The Balaban J connectivity index is 1.89. The third-order valence-electron chi connectivity index (χ3n) is 3.80. The van der Waals surface area contributed by atoms with Gasteiger partial charge in [0.2, 0.25) is 0 Å². The summed E-state index contributed by atoms with van der Waals surface area (Å²) in [6, 6.07) is 1.87. The van der Waals surface area contributed by atoms with Crippen molar-refractivity contribution in [3.05, 3.63) is 27.2 Å². The summed E-state index contributed by atoms with van der Waals surface area (Å²) in [6.45, 7) is 2.69. The SMILES string of the molecule is COc1c(Nc2cc(C)n(C3CCCCO3)n2)nc(Cl)c(F)c1Br. The fourth-order valence-electron chi connectivity index (χ4n) is 2.64. The molecule has 0 spiro atoms. The van der Waals surface area contributed by atoms with Gasteiger partial charge in [-0.15, -0.1) is 0 Å². The van der Waals surface area contributed by atoms with Crippen LogP contribution in [0.2, 0.25) is 5.15 Å².